The Kier molecular flexibility index (Phi) is 22.0. The summed E-state index contributed by atoms with van der Waals surface area (Å²) in [4.78, 5) is 7.75. The predicted molar refractivity (Wildman–Crippen MR) is 304 cm³/mol. The van der Waals surface area contributed by atoms with Gasteiger partial charge in [0.2, 0.25) is 17.3 Å². The molecule has 7 aromatic rings. The molecular weight excluding hydrogens is 889 g/mol. The molecule has 0 saturated carbocycles. The first-order valence-corrected chi connectivity index (χ1v) is 29.0. The van der Waals surface area contributed by atoms with Crippen LogP contribution in [0.2, 0.25) is 0 Å². The fourth-order valence-electron chi connectivity index (χ4n) is 10.3. The van der Waals surface area contributed by atoms with Crippen molar-refractivity contribution in [1.29, 1.82) is 0 Å². The van der Waals surface area contributed by atoms with Gasteiger partial charge in [-0.15, -0.1) is 30.6 Å². The van der Waals surface area contributed by atoms with E-state index in [1.807, 2.05) is 13.2 Å². The molecule has 3 aromatic carbocycles. The molecule has 390 valence electrons. The maximum Gasteiger partial charge on any atom is 0.247 e. The molecule has 0 N–H and O–H groups in total. The highest BCUT2D eigenvalue weighted by molar-refractivity contribution is 5.73. The first-order valence-electron chi connectivity index (χ1n) is 29.0. The van der Waals surface area contributed by atoms with Crippen molar-refractivity contribution in [2.75, 3.05) is 54.0 Å². The third-order valence-electron chi connectivity index (χ3n) is 14.7. The molecule has 4 aromatic heterocycles. The fraction of sp³-hybridized carbons (Fsp3) is 0.600. The minimum Gasteiger partial charge on any atom is -0.372 e. The van der Waals surface area contributed by atoms with E-state index >= 15 is 0 Å². The Labute approximate surface area is 433 Å². The normalized spacial score (nSPS) is 11.8. The van der Waals surface area contributed by atoms with Crippen molar-refractivity contribution in [3.63, 3.8) is 0 Å². The summed E-state index contributed by atoms with van der Waals surface area (Å²) in [7, 11) is 0. The van der Waals surface area contributed by atoms with E-state index < -0.39 is 0 Å². The van der Waals surface area contributed by atoms with Crippen molar-refractivity contribution in [3.05, 3.63) is 72.8 Å². The zero-order valence-electron chi connectivity index (χ0n) is 45.5. The first-order chi connectivity index (χ1) is 35.5. The van der Waals surface area contributed by atoms with Gasteiger partial charge in [0, 0.05) is 73.0 Å². The highest BCUT2D eigenvalue weighted by Gasteiger charge is 2.25. The van der Waals surface area contributed by atoms with Gasteiger partial charge in [-0.05, 0) is 111 Å². The molecule has 0 spiro atoms. The fourth-order valence-corrected chi connectivity index (χ4v) is 10.3. The zero-order valence-corrected chi connectivity index (χ0v) is 45.5. The number of rotatable bonds is 36. The summed E-state index contributed by atoms with van der Waals surface area (Å²) in [5.74, 6) is 3.90. The standard InChI is InChI=1S/C60H90N12/c1-7-13-19-25-43-67(44-26-20-14-8-2)52-37-31-49(32-38-52)55-61-64-58-70(55)59-65-62-56(50-33-39-53(40-34-50)68(45-27-21-15-9-3)46-28-22-16-10-4)72(59)60-66-63-57(71(58)60)51-35-41-54(42-36-51)69(47-29-23-17-11-5)48-30-24-18-12-6/h31-42H,7-30,43-48H2,1-6H3. The second-order valence-electron chi connectivity index (χ2n) is 20.4. The van der Waals surface area contributed by atoms with Gasteiger partial charge in [0.25, 0.3) is 0 Å². The van der Waals surface area contributed by atoms with Crippen molar-refractivity contribution in [2.24, 2.45) is 0 Å². The summed E-state index contributed by atoms with van der Waals surface area (Å²) < 4.78 is 6.14. The zero-order chi connectivity index (χ0) is 50.3. The van der Waals surface area contributed by atoms with Crippen LogP contribution in [0.1, 0.15) is 196 Å². The summed E-state index contributed by atoms with van der Waals surface area (Å²) in [5, 5.41) is 29.6. The van der Waals surface area contributed by atoms with E-state index in [4.69, 9.17) is 30.6 Å². The van der Waals surface area contributed by atoms with Crippen molar-refractivity contribution in [2.45, 2.75) is 196 Å². The summed E-state index contributed by atoms with van der Waals surface area (Å²) in [5.41, 5.74) is 6.67. The highest BCUT2D eigenvalue weighted by atomic mass is 15.5. The molecule has 0 aliphatic carbocycles. The van der Waals surface area contributed by atoms with Crippen molar-refractivity contribution >= 4 is 34.4 Å². The largest absolute Gasteiger partial charge is 0.372 e. The molecule has 4 heterocycles. The lowest BCUT2D eigenvalue weighted by Crippen LogP contribution is -2.25. The Balaban J connectivity index is 1.29. The smallest absolute Gasteiger partial charge is 0.247 e. The molecule has 0 aliphatic heterocycles. The first kappa shape index (κ1) is 54.3. The number of fused-ring (bicyclic) bond motifs is 6. The Hall–Kier alpha value is -5.52. The van der Waals surface area contributed by atoms with Crippen LogP contribution < -0.4 is 14.7 Å². The van der Waals surface area contributed by atoms with Crippen LogP contribution in [-0.4, -0.2) is 83.1 Å². The molecule has 12 heteroatoms. The Morgan fingerprint density at radius 2 is 0.472 bits per heavy atom. The Morgan fingerprint density at radius 1 is 0.264 bits per heavy atom. The van der Waals surface area contributed by atoms with E-state index in [9.17, 15) is 0 Å². The SMILES string of the molecule is CCCCCCN(CCCCCC)c1ccc(-c2nnc3n2c2nnc(-c4ccc(N(CCCCCC)CCCCCC)cc4)n2c2nnc(-c4ccc(N(CCCCCC)CCCCCC)cc4)n32)cc1. The quantitative estimate of drug-likeness (QED) is 0.0356. The minimum absolute atomic E-state index is 0.596. The van der Waals surface area contributed by atoms with Gasteiger partial charge >= 0.3 is 0 Å². The number of anilines is 3. The van der Waals surface area contributed by atoms with Gasteiger partial charge in [-0.1, -0.05) is 157 Å². The predicted octanol–water partition coefficient (Wildman–Crippen LogP) is 15.7. The van der Waals surface area contributed by atoms with Crippen LogP contribution in [0.15, 0.2) is 72.8 Å². The summed E-state index contributed by atoms with van der Waals surface area (Å²) >= 11 is 0. The molecule has 0 aliphatic rings. The molecule has 0 bridgehead atoms. The lowest BCUT2D eigenvalue weighted by atomic mass is 10.1. The number of hydrogen-bond acceptors (Lipinski definition) is 9. The average Bonchev–Trinajstić information content (AvgIpc) is 4.18. The summed E-state index contributed by atoms with van der Waals surface area (Å²) in [6, 6.07) is 26.8. The van der Waals surface area contributed by atoms with Gasteiger partial charge in [-0.3, -0.25) is 0 Å². The molecule has 0 amide bonds. The van der Waals surface area contributed by atoms with Crippen LogP contribution in [0.5, 0.6) is 0 Å². The molecule has 0 radical (unpaired) electrons. The van der Waals surface area contributed by atoms with Gasteiger partial charge in [0.05, 0.1) is 0 Å². The summed E-state index contributed by atoms with van der Waals surface area (Å²) in [6.07, 6.45) is 30.0. The van der Waals surface area contributed by atoms with Gasteiger partial charge in [0.1, 0.15) is 0 Å². The van der Waals surface area contributed by atoms with E-state index in [2.05, 4.69) is 129 Å². The van der Waals surface area contributed by atoms with Crippen molar-refractivity contribution in [1.82, 2.24) is 43.8 Å². The van der Waals surface area contributed by atoms with E-state index in [-0.39, 0.29) is 0 Å². The summed E-state index contributed by atoms with van der Waals surface area (Å²) in [6.45, 7) is 20.2. The number of unbranched alkanes of at least 4 members (excludes halogenated alkanes) is 18. The van der Waals surface area contributed by atoms with Gasteiger partial charge in [-0.2, -0.15) is 0 Å². The Morgan fingerprint density at radius 3 is 0.667 bits per heavy atom. The second kappa shape index (κ2) is 29.2. The Bertz CT molecular complexity index is 2240. The lowest BCUT2D eigenvalue weighted by Gasteiger charge is -2.25. The van der Waals surface area contributed by atoms with Crippen LogP contribution in [0.4, 0.5) is 17.1 Å². The molecule has 0 fully saturated rings. The number of benzene rings is 3. The number of hydrogen-bond donors (Lipinski definition) is 0. The van der Waals surface area contributed by atoms with E-state index in [0.29, 0.717) is 34.8 Å². The van der Waals surface area contributed by atoms with Crippen molar-refractivity contribution in [3.8, 4) is 34.2 Å². The third kappa shape index (κ3) is 14.2. The average molecular weight is 979 g/mol. The third-order valence-corrected chi connectivity index (χ3v) is 14.7. The van der Waals surface area contributed by atoms with Crippen molar-refractivity contribution < 1.29 is 0 Å². The van der Waals surface area contributed by atoms with Crippen LogP contribution in [-0.2, 0) is 0 Å². The van der Waals surface area contributed by atoms with Gasteiger partial charge < -0.3 is 14.7 Å². The molecule has 72 heavy (non-hydrogen) atoms. The lowest BCUT2D eigenvalue weighted by molar-refractivity contribution is 0.609. The maximum absolute atomic E-state index is 4.93. The van der Waals surface area contributed by atoms with E-state index in [0.717, 1.165) is 56.0 Å². The van der Waals surface area contributed by atoms with Crippen LogP contribution >= 0.6 is 0 Å². The monoisotopic (exact) mass is 979 g/mol. The molecule has 0 atom stereocenters. The van der Waals surface area contributed by atoms with Gasteiger partial charge in [0.15, 0.2) is 17.5 Å². The van der Waals surface area contributed by atoms with Crippen LogP contribution in [0.25, 0.3) is 51.5 Å². The molecule has 7 rings (SSSR count). The minimum atomic E-state index is 0.596. The molecule has 0 unspecified atom stereocenters. The highest BCUT2D eigenvalue weighted by Crippen LogP contribution is 2.32. The number of nitrogens with zero attached hydrogens (tertiary/aromatic N) is 12. The van der Waals surface area contributed by atoms with E-state index in [1.165, 1.54) is 171 Å². The molecule has 0 saturated heterocycles. The van der Waals surface area contributed by atoms with Crippen LogP contribution in [0, 0.1) is 0 Å². The van der Waals surface area contributed by atoms with Crippen LogP contribution in [0.3, 0.4) is 0 Å². The molecular formula is C60H90N12. The number of aromatic nitrogens is 9. The maximum atomic E-state index is 4.93. The molecule has 12 nitrogen and oxygen atoms in total. The van der Waals surface area contributed by atoms with E-state index in [1.54, 1.807) is 0 Å². The topological polar surface area (TPSA) is 100 Å². The van der Waals surface area contributed by atoms with Gasteiger partial charge in [-0.25, -0.2) is 13.2 Å². The second-order valence-corrected chi connectivity index (χ2v) is 20.4.